The van der Waals surface area contributed by atoms with Gasteiger partial charge >= 0.3 is 6.61 Å². The molecule has 0 aliphatic carbocycles. The summed E-state index contributed by atoms with van der Waals surface area (Å²) in [6, 6.07) is 7.85. The van der Waals surface area contributed by atoms with Crippen LogP contribution >= 0.6 is 11.3 Å². The molecule has 152 valence electrons. The van der Waals surface area contributed by atoms with Crippen molar-refractivity contribution < 1.29 is 23.0 Å². The lowest BCUT2D eigenvalue weighted by Crippen LogP contribution is -2.32. The molecule has 2 aromatic rings. The molecular formula is C19H17F2N3O4S. The van der Waals surface area contributed by atoms with E-state index in [0.29, 0.717) is 18.6 Å². The molecule has 0 aliphatic heterocycles. The minimum absolute atomic E-state index is 0.0811. The third-order valence-electron chi connectivity index (χ3n) is 3.78. The van der Waals surface area contributed by atoms with Gasteiger partial charge in [-0.3, -0.25) is 9.36 Å². The zero-order valence-electron chi connectivity index (χ0n) is 15.6. The SMILES string of the molecule is COCCCn1c(=C(C#N)C#N)s/c(=C\c2ccc(OC(F)F)c(OC)c2)c1=O. The van der Waals surface area contributed by atoms with Crippen molar-refractivity contribution in [1.82, 2.24) is 4.57 Å². The van der Waals surface area contributed by atoms with Crippen molar-refractivity contribution >= 4 is 23.0 Å². The van der Waals surface area contributed by atoms with E-state index >= 15 is 0 Å². The molecule has 0 spiro atoms. The molecule has 0 atom stereocenters. The quantitative estimate of drug-likeness (QED) is 0.601. The predicted molar refractivity (Wildman–Crippen MR) is 102 cm³/mol. The highest BCUT2D eigenvalue weighted by Crippen LogP contribution is 2.29. The molecule has 10 heteroatoms. The summed E-state index contributed by atoms with van der Waals surface area (Å²) in [6.07, 6.45) is 2.06. The maximum Gasteiger partial charge on any atom is 0.387 e. The Bertz CT molecular complexity index is 1110. The molecule has 7 nitrogen and oxygen atoms in total. The summed E-state index contributed by atoms with van der Waals surface area (Å²) in [4.78, 5) is 12.8. The molecule has 0 saturated carbocycles. The van der Waals surface area contributed by atoms with E-state index in [1.165, 1.54) is 43.1 Å². The Hall–Kier alpha value is -3.21. The van der Waals surface area contributed by atoms with E-state index in [9.17, 15) is 24.1 Å². The van der Waals surface area contributed by atoms with Crippen LogP contribution < -0.4 is 24.2 Å². The Morgan fingerprint density at radius 2 is 2.00 bits per heavy atom. The molecule has 1 heterocycles. The maximum atomic E-state index is 12.8. The van der Waals surface area contributed by atoms with Crippen LogP contribution in [0.25, 0.3) is 11.6 Å². The van der Waals surface area contributed by atoms with Gasteiger partial charge in [0, 0.05) is 20.3 Å². The normalized spacial score (nSPS) is 11.2. The van der Waals surface area contributed by atoms with Gasteiger partial charge in [0.2, 0.25) is 0 Å². The number of nitrogens with zero attached hydrogens (tertiary/aromatic N) is 3. The van der Waals surface area contributed by atoms with Gasteiger partial charge in [-0.2, -0.15) is 19.3 Å². The second-order valence-corrected chi connectivity index (χ2v) is 6.64. The average molecular weight is 421 g/mol. The fourth-order valence-corrected chi connectivity index (χ4v) is 3.59. The first-order chi connectivity index (χ1) is 13.9. The van der Waals surface area contributed by atoms with Crippen LogP contribution in [-0.2, 0) is 11.3 Å². The minimum Gasteiger partial charge on any atom is -0.493 e. The van der Waals surface area contributed by atoms with Gasteiger partial charge < -0.3 is 14.2 Å². The molecule has 0 unspecified atom stereocenters. The highest BCUT2D eigenvalue weighted by molar-refractivity contribution is 7.07. The zero-order valence-corrected chi connectivity index (χ0v) is 16.5. The lowest BCUT2D eigenvalue weighted by molar-refractivity contribution is -0.0512. The van der Waals surface area contributed by atoms with Gasteiger partial charge in [-0.05, 0) is 30.2 Å². The first kappa shape index (κ1) is 22.1. The Morgan fingerprint density at radius 1 is 1.28 bits per heavy atom. The van der Waals surface area contributed by atoms with Crippen LogP contribution in [0.5, 0.6) is 11.5 Å². The van der Waals surface area contributed by atoms with E-state index in [1.807, 2.05) is 0 Å². The summed E-state index contributed by atoms with van der Waals surface area (Å²) >= 11 is 1.00. The number of alkyl halides is 2. The second-order valence-electron chi connectivity index (χ2n) is 5.61. The molecule has 0 bridgehead atoms. The van der Waals surface area contributed by atoms with Crippen LogP contribution in [0.3, 0.4) is 0 Å². The summed E-state index contributed by atoms with van der Waals surface area (Å²) in [5.74, 6) is -0.0503. The number of methoxy groups -OCH3 is 2. The number of hydrogen-bond acceptors (Lipinski definition) is 7. The monoisotopic (exact) mass is 421 g/mol. The Kier molecular flexibility index (Phi) is 7.89. The Labute approximate surface area is 168 Å². The number of benzene rings is 1. The lowest BCUT2D eigenvalue weighted by Gasteiger charge is -2.09. The molecule has 0 fully saturated rings. The van der Waals surface area contributed by atoms with Crippen molar-refractivity contribution in [2.75, 3.05) is 20.8 Å². The molecule has 1 aromatic carbocycles. The van der Waals surface area contributed by atoms with E-state index in [-0.39, 0.29) is 38.4 Å². The highest BCUT2D eigenvalue weighted by atomic mass is 32.1. The number of ether oxygens (including phenoxy) is 3. The van der Waals surface area contributed by atoms with Gasteiger partial charge in [-0.25, -0.2) is 0 Å². The van der Waals surface area contributed by atoms with E-state index in [4.69, 9.17) is 9.47 Å². The fraction of sp³-hybridized carbons (Fsp3) is 0.316. The first-order valence-corrected chi connectivity index (χ1v) is 9.14. The van der Waals surface area contributed by atoms with E-state index in [1.54, 1.807) is 12.1 Å². The fourth-order valence-electron chi connectivity index (χ4n) is 2.51. The van der Waals surface area contributed by atoms with Crippen molar-refractivity contribution in [2.24, 2.45) is 0 Å². The van der Waals surface area contributed by atoms with Crippen LogP contribution in [-0.4, -0.2) is 32.0 Å². The summed E-state index contributed by atoms with van der Waals surface area (Å²) in [6.45, 7) is -2.30. The molecule has 1 aromatic heterocycles. The number of aromatic nitrogens is 1. The maximum absolute atomic E-state index is 12.8. The molecule has 2 rings (SSSR count). The van der Waals surface area contributed by atoms with Crippen LogP contribution in [0.1, 0.15) is 12.0 Å². The van der Waals surface area contributed by atoms with Crippen LogP contribution in [0.4, 0.5) is 8.78 Å². The Balaban J connectivity index is 2.61. The van der Waals surface area contributed by atoms with E-state index in [0.717, 1.165) is 11.3 Å². The summed E-state index contributed by atoms with van der Waals surface area (Å²) < 4.78 is 41.3. The number of nitriles is 2. The molecule has 0 radical (unpaired) electrons. The largest absolute Gasteiger partial charge is 0.493 e. The van der Waals surface area contributed by atoms with Crippen molar-refractivity contribution in [2.45, 2.75) is 19.6 Å². The molecule has 0 amide bonds. The summed E-state index contributed by atoms with van der Waals surface area (Å²) in [5, 5.41) is 18.4. The third-order valence-corrected chi connectivity index (χ3v) is 4.91. The lowest BCUT2D eigenvalue weighted by atomic mass is 10.2. The van der Waals surface area contributed by atoms with Crippen LogP contribution in [0.2, 0.25) is 0 Å². The van der Waals surface area contributed by atoms with Crippen LogP contribution in [0, 0.1) is 22.7 Å². The van der Waals surface area contributed by atoms with E-state index in [2.05, 4.69) is 4.74 Å². The molecule has 0 N–H and O–H groups in total. The van der Waals surface area contributed by atoms with Gasteiger partial charge in [0.1, 0.15) is 16.8 Å². The third kappa shape index (κ3) is 5.41. The Morgan fingerprint density at radius 3 is 2.59 bits per heavy atom. The van der Waals surface area contributed by atoms with Gasteiger partial charge in [0.25, 0.3) is 5.56 Å². The van der Waals surface area contributed by atoms with Crippen molar-refractivity contribution in [3.8, 4) is 23.6 Å². The number of halogens is 2. The molecule has 0 saturated heterocycles. The zero-order chi connectivity index (χ0) is 21.4. The minimum atomic E-state index is -3.00. The van der Waals surface area contributed by atoms with E-state index < -0.39 is 6.61 Å². The van der Waals surface area contributed by atoms with Crippen LogP contribution in [0.15, 0.2) is 23.0 Å². The van der Waals surface area contributed by atoms with Gasteiger partial charge in [-0.15, -0.1) is 11.3 Å². The molecule has 29 heavy (non-hydrogen) atoms. The number of hydrogen-bond donors (Lipinski definition) is 0. The molecule has 0 aliphatic rings. The number of thiazole rings is 1. The average Bonchev–Trinajstić information content (AvgIpc) is 2.99. The first-order valence-electron chi connectivity index (χ1n) is 8.32. The van der Waals surface area contributed by atoms with Gasteiger partial charge in [-0.1, -0.05) is 6.07 Å². The smallest absolute Gasteiger partial charge is 0.387 e. The number of rotatable bonds is 8. The van der Waals surface area contributed by atoms with Crippen molar-refractivity contribution in [3.05, 3.63) is 43.3 Å². The topological polar surface area (TPSA) is 97.3 Å². The summed E-state index contributed by atoms with van der Waals surface area (Å²) in [7, 11) is 2.85. The predicted octanol–water partition coefficient (Wildman–Crippen LogP) is 1.58. The second kappa shape index (κ2) is 10.4. The summed E-state index contributed by atoms with van der Waals surface area (Å²) in [5.41, 5.74) is -0.0220. The standard InChI is InChI=1S/C19H17F2N3O4S/c1-26-7-3-6-24-17(25)16(29-18(24)13(10-22)11-23)9-12-4-5-14(28-19(20)21)15(8-12)27-2/h4-5,8-9,19H,3,6-7H2,1-2H3/b16-9-. The van der Waals surface area contributed by atoms with Crippen molar-refractivity contribution in [1.29, 1.82) is 10.5 Å². The van der Waals surface area contributed by atoms with Gasteiger partial charge in [0.15, 0.2) is 17.1 Å². The van der Waals surface area contributed by atoms with Gasteiger partial charge in [0.05, 0.1) is 11.6 Å². The van der Waals surface area contributed by atoms with Crippen molar-refractivity contribution in [3.63, 3.8) is 0 Å². The molecular weight excluding hydrogens is 404 g/mol. The highest BCUT2D eigenvalue weighted by Gasteiger charge is 2.12.